The van der Waals surface area contributed by atoms with Crippen LogP contribution in [-0.2, 0) is 16.1 Å². The molecule has 0 aliphatic carbocycles. The van der Waals surface area contributed by atoms with Gasteiger partial charge >= 0.3 is 0 Å². The van der Waals surface area contributed by atoms with Crippen molar-refractivity contribution in [2.45, 2.75) is 80.4 Å². The Morgan fingerprint density at radius 1 is 1.20 bits per heavy atom. The Bertz CT molecular complexity index is 1090. The van der Waals surface area contributed by atoms with Gasteiger partial charge in [0.25, 0.3) is 5.91 Å². The third-order valence-corrected chi connectivity index (χ3v) is 6.12. The standard InChI is InChI=1S/C26H38N6O3.C5H12/c1-6-9-23(33)30(4)13-12-19(3)35-18-20-10-8-11-21(16-20)32-15-14-31(5)24-22(25(32)34)17-28-26(29-24)27-7-2;1-5(2,3)4/h8,10-11,16-17,19H,6-7,9,12-15,18H2,1-5H3,(H,27,28,29);1-4H3. The zero-order valence-electron chi connectivity index (χ0n) is 26.1. The van der Waals surface area contributed by atoms with Crippen LogP contribution in [0.5, 0.6) is 0 Å². The molecule has 2 heterocycles. The molecule has 2 aromatic rings. The average Bonchev–Trinajstić information content (AvgIpc) is 3.01. The molecule has 1 atom stereocenters. The minimum atomic E-state index is -0.112. The summed E-state index contributed by atoms with van der Waals surface area (Å²) in [6.07, 6.45) is 3.83. The number of hydrogen-bond acceptors (Lipinski definition) is 7. The Morgan fingerprint density at radius 3 is 2.55 bits per heavy atom. The van der Waals surface area contributed by atoms with Gasteiger partial charge in [-0.3, -0.25) is 9.59 Å². The quantitative estimate of drug-likeness (QED) is 0.386. The fraction of sp³-hybridized carbons (Fsp3) is 0.613. The van der Waals surface area contributed by atoms with Gasteiger partial charge < -0.3 is 24.8 Å². The summed E-state index contributed by atoms with van der Waals surface area (Å²) in [5.41, 5.74) is 2.81. The van der Waals surface area contributed by atoms with Crippen molar-refractivity contribution in [3.8, 4) is 0 Å². The van der Waals surface area contributed by atoms with E-state index in [-0.39, 0.29) is 17.9 Å². The third-order valence-electron chi connectivity index (χ3n) is 6.12. The van der Waals surface area contributed by atoms with Crippen molar-refractivity contribution in [2.24, 2.45) is 5.41 Å². The van der Waals surface area contributed by atoms with Crippen LogP contribution >= 0.6 is 0 Å². The number of amides is 2. The Balaban J connectivity index is 0.00000103. The van der Waals surface area contributed by atoms with Crippen LogP contribution in [0.15, 0.2) is 30.5 Å². The number of carbonyl (C=O) groups is 2. The lowest BCUT2D eigenvalue weighted by atomic mass is 10.0. The van der Waals surface area contributed by atoms with Crippen LogP contribution in [-0.4, -0.2) is 73.1 Å². The van der Waals surface area contributed by atoms with Gasteiger partial charge in [0.15, 0.2) is 0 Å². The van der Waals surface area contributed by atoms with Gasteiger partial charge in [0.05, 0.1) is 12.7 Å². The summed E-state index contributed by atoms with van der Waals surface area (Å²) in [7, 11) is 3.78. The number of anilines is 3. The van der Waals surface area contributed by atoms with Crippen LogP contribution in [0.4, 0.5) is 17.5 Å². The van der Waals surface area contributed by atoms with Gasteiger partial charge in [-0.05, 0) is 49.8 Å². The molecule has 1 aliphatic rings. The Morgan fingerprint density at radius 2 is 1.90 bits per heavy atom. The largest absolute Gasteiger partial charge is 0.374 e. The maximum Gasteiger partial charge on any atom is 0.263 e. The fourth-order valence-electron chi connectivity index (χ4n) is 3.95. The SMILES string of the molecule is CC(C)(C)C.CCCC(=O)N(C)CCC(C)OCc1cccc(N2CCN(C)c3nc(NCC)ncc3C2=O)c1. The van der Waals surface area contributed by atoms with Crippen molar-refractivity contribution < 1.29 is 14.3 Å². The summed E-state index contributed by atoms with van der Waals surface area (Å²) in [5.74, 6) is 1.22. The molecular formula is C31H50N6O3. The molecule has 1 aromatic carbocycles. The minimum Gasteiger partial charge on any atom is -0.374 e. The number of aromatic nitrogens is 2. The molecule has 40 heavy (non-hydrogen) atoms. The van der Waals surface area contributed by atoms with Gasteiger partial charge in [0.1, 0.15) is 11.4 Å². The number of hydrogen-bond donors (Lipinski definition) is 1. The number of nitrogens with one attached hydrogen (secondary N) is 1. The predicted octanol–water partition coefficient (Wildman–Crippen LogP) is 5.61. The lowest BCUT2D eigenvalue weighted by Gasteiger charge is -2.22. The van der Waals surface area contributed by atoms with Gasteiger partial charge in [0, 0.05) is 58.6 Å². The molecule has 1 unspecified atom stereocenters. The van der Waals surface area contributed by atoms with Gasteiger partial charge in [-0.1, -0.05) is 46.8 Å². The summed E-state index contributed by atoms with van der Waals surface area (Å²) in [6, 6.07) is 7.89. The highest BCUT2D eigenvalue weighted by atomic mass is 16.5. The van der Waals surface area contributed by atoms with Gasteiger partial charge in [0.2, 0.25) is 11.9 Å². The van der Waals surface area contributed by atoms with Crippen molar-refractivity contribution in [1.82, 2.24) is 14.9 Å². The van der Waals surface area contributed by atoms with Crippen molar-refractivity contribution in [3.63, 3.8) is 0 Å². The average molecular weight is 555 g/mol. The molecule has 9 nitrogen and oxygen atoms in total. The van der Waals surface area contributed by atoms with Crippen LogP contribution < -0.4 is 15.1 Å². The Labute approximate surface area is 241 Å². The van der Waals surface area contributed by atoms with E-state index in [9.17, 15) is 9.59 Å². The number of carbonyl (C=O) groups excluding carboxylic acids is 2. The second-order valence-electron chi connectivity index (χ2n) is 12.0. The molecule has 0 fully saturated rings. The third kappa shape index (κ3) is 10.8. The van der Waals surface area contributed by atoms with Crippen molar-refractivity contribution in [1.29, 1.82) is 0 Å². The first kappa shape index (κ1) is 33.0. The number of rotatable bonds is 11. The smallest absolute Gasteiger partial charge is 0.263 e. The van der Waals surface area contributed by atoms with Gasteiger partial charge in [-0.15, -0.1) is 0 Å². The van der Waals surface area contributed by atoms with E-state index >= 15 is 0 Å². The van der Waals surface area contributed by atoms with Crippen molar-refractivity contribution >= 4 is 29.3 Å². The number of ether oxygens (including phenoxy) is 1. The molecular weight excluding hydrogens is 504 g/mol. The van der Waals surface area contributed by atoms with E-state index in [2.05, 4.69) is 43.0 Å². The second-order valence-corrected chi connectivity index (χ2v) is 12.0. The van der Waals surface area contributed by atoms with E-state index < -0.39 is 0 Å². The molecule has 3 rings (SSSR count). The highest BCUT2D eigenvalue weighted by Crippen LogP contribution is 2.27. The van der Waals surface area contributed by atoms with Gasteiger partial charge in [-0.2, -0.15) is 4.98 Å². The number of nitrogens with zero attached hydrogens (tertiary/aromatic N) is 5. The first-order valence-electron chi connectivity index (χ1n) is 14.4. The maximum absolute atomic E-state index is 13.4. The molecule has 1 aromatic heterocycles. The monoisotopic (exact) mass is 554 g/mol. The molecule has 0 bridgehead atoms. The summed E-state index contributed by atoms with van der Waals surface area (Å²) in [4.78, 5) is 39.8. The molecule has 9 heteroatoms. The first-order chi connectivity index (χ1) is 18.8. The minimum absolute atomic E-state index is 0.0129. The summed E-state index contributed by atoms with van der Waals surface area (Å²) in [5, 5.41) is 3.11. The number of benzene rings is 1. The molecule has 1 aliphatic heterocycles. The van der Waals surface area contributed by atoms with Crippen LogP contribution in [0.25, 0.3) is 0 Å². The number of fused-ring (bicyclic) bond motifs is 1. The second kappa shape index (κ2) is 15.6. The summed E-state index contributed by atoms with van der Waals surface area (Å²) < 4.78 is 6.04. The van der Waals surface area contributed by atoms with Crippen LogP contribution in [0.2, 0.25) is 0 Å². The van der Waals surface area contributed by atoms with E-state index in [1.54, 1.807) is 16.0 Å². The van der Waals surface area contributed by atoms with Crippen LogP contribution in [0.3, 0.4) is 0 Å². The van der Waals surface area contributed by atoms with E-state index in [1.807, 2.05) is 64.0 Å². The lowest BCUT2D eigenvalue weighted by Crippen LogP contribution is -2.33. The number of likely N-dealkylation sites (N-methyl/N-ethyl adjacent to an activating group) is 1. The molecule has 0 spiro atoms. The van der Waals surface area contributed by atoms with Crippen molar-refractivity contribution in [2.75, 3.05) is 55.4 Å². The molecule has 0 saturated carbocycles. The lowest BCUT2D eigenvalue weighted by molar-refractivity contribution is -0.130. The Hall–Kier alpha value is -3.20. The Kier molecular flexibility index (Phi) is 12.8. The van der Waals surface area contributed by atoms with E-state index in [4.69, 9.17) is 4.74 Å². The van der Waals surface area contributed by atoms with E-state index in [1.165, 1.54) is 0 Å². The summed E-state index contributed by atoms with van der Waals surface area (Å²) >= 11 is 0. The molecule has 2 amide bonds. The fourth-order valence-corrected chi connectivity index (χ4v) is 3.95. The highest BCUT2D eigenvalue weighted by Gasteiger charge is 2.28. The molecule has 1 N–H and O–H groups in total. The topological polar surface area (TPSA) is 90.9 Å². The summed E-state index contributed by atoms with van der Waals surface area (Å²) in [6.45, 7) is 17.8. The van der Waals surface area contributed by atoms with Crippen LogP contribution in [0.1, 0.15) is 83.7 Å². The molecule has 0 radical (unpaired) electrons. The normalized spacial score (nSPS) is 14.1. The van der Waals surface area contributed by atoms with Crippen LogP contribution in [0, 0.1) is 5.41 Å². The van der Waals surface area contributed by atoms with Gasteiger partial charge in [-0.25, -0.2) is 4.98 Å². The van der Waals surface area contributed by atoms with Crippen molar-refractivity contribution in [3.05, 3.63) is 41.6 Å². The predicted molar refractivity (Wildman–Crippen MR) is 164 cm³/mol. The zero-order chi connectivity index (χ0) is 29.9. The van der Waals surface area contributed by atoms with E-state index in [0.29, 0.717) is 62.0 Å². The molecule has 222 valence electrons. The highest BCUT2D eigenvalue weighted by molar-refractivity contribution is 6.09. The maximum atomic E-state index is 13.4. The zero-order valence-corrected chi connectivity index (χ0v) is 26.1. The molecule has 0 saturated heterocycles. The van der Waals surface area contributed by atoms with E-state index in [0.717, 1.165) is 24.1 Å². The first-order valence-corrected chi connectivity index (χ1v) is 14.4.